The van der Waals surface area contributed by atoms with E-state index in [4.69, 9.17) is 13.9 Å². The number of hydrogen-bond acceptors (Lipinski definition) is 5. The second-order valence-corrected chi connectivity index (χ2v) is 7.16. The van der Waals surface area contributed by atoms with Gasteiger partial charge in [0.05, 0.1) is 12.8 Å². The Kier molecular flexibility index (Phi) is 5.63. The van der Waals surface area contributed by atoms with Crippen LogP contribution in [0.5, 0.6) is 11.5 Å². The number of allylic oxidation sites excluding steroid dienone is 1. The van der Waals surface area contributed by atoms with Crippen LogP contribution < -0.4 is 14.8 Å². The number of amides is 1. The van der Waals surface area contributed by atoms with Crippen LogP contribution in [-0.2, 0) is 11.2 Å². The monoisotopic (exact) mass is 421 g/mol. The molecule has 1 aromatic heterocycles. The summed E-state index contributed by atoms with van der Waals surface area (Å²) in [4.78, 5) is 23.1. The molecule has 0 saturated carbocycles. The SMILES string of the molecule is CC(=O)NCC1=C(Cc2ccccc2)Oc2ccc(-c3ccoc3C(=O)S)cc2O1. The number of carbonyl (C=O) groups excluding carboxylic acids is 2. The van der Waals surface area contributed by atoms with E-state index in [9.17, 15) is 9.59 Å². The lowest BCUT2D eigenvalue weighted by Gasteiger charge is -2.24. The fraction of sp³-hybridized carbons (Fsp3) is 0.130. The van der Waals surface area contributed by atoms with Gasteiger partial charge in [0.15, 0.2) is 23.0 Å². The molecular weight excluding hydrogens is 402 g/mol. The standard InChI is InChI=1S/C23H19NO5S/c1-14(25)24-13-21-19(11-15-5-3-2-4-6-15)28-18-8-7-16(12-20(18)29-21)17-9-10-27-22(17)23(26)30/h2-10,12H,11,13H2,1H3,(H,24,25)(H,26,30). The Bertz CT molecular complexity index is 1130. The second-order valence-electron chi connectivity index (χ2n) is 6.75. The zero-order chi connectivity index (χ0) is 21.1. The molecule has 2 aromatic carbocycles. The van der Waals surface area contributed by atoms with Crippen LogP contribution in [0, 0.1) is 0 Å². The van der Waals surface area contributed by atoms with Gasteiger partial charge in [-0.15, -0.1) is 0 Å². The molecule has 2 heterocycles. The molecule has 0 spiro atoms. The van der Waals surface area contributed by atoms with E-state index < -0.39 is 5.12 Å². The summed E-state index contributed by atoms with van der Waals surface area (Å²) in [5.41, 5.74) is 2.41. The zero-order valence-electron chi connectivity index (χ0n) is 16.2. The summed E-state index contributed by atoms with van der Waals surface area (Å²) in [5.74, 6) is 2.19. The largest absolute Gasteiger partial charge is 0.460 e. The van der Waals surface area contributed by atoms with Crippen LogP contribution in [0.2, 0.25) is 0 Å². The maximum absolute atomic E-state index is 11.7. The minimum atomic E-state index is -0.457. The first-order valence-corrected chi connectivity index (χ1v) is 9.77. The molecule has 0 radical (unpaired) electrons. The van der Waals surface area contributed by atoms with Crippen LogP contribution in [0.4, 0.5) is 0 Å². The normalized spacial score (nSPS) is 12.6. The van der Waals surface area contributed by atoms with Gasteiger partial charge in [-0.1, -0.05) is 49.0 Å². The Morgan fingerprint density at radius 1 is 0.967 bits per heavy atom. The van der Waals surface area contributed by atoms with Gasteiger partial charge in [-0.05, 0) is 29.3 Å². The van der Waals surface area contributed by atoms with Crippen LogP contribution in [0.15, 0.2) is 76.8 Å². The van der Waals surface area contributed by atoms with E-state index in [1.807, 2.05) is 36.4 Å². The van der Waals surface area contributed by atoms with Gasteiger partial charge in [0.25, 0.3) is 5.12 Å². The molecule has 1 aliphatic rings. The fourth-order valence-corrected chi connectivity index (χ4v) is 3.35. The predicted octanol–water partition coefficient (Wildman–Crippen LogP) is 4.38. The number of benzene rings is 2. The molecule has 0 aliphatic carbocycles. The average Bonchev–Trinajstić information content (AvgIpc) is 3.23. The second kappa shape index (κ2) is 8.51. The van der Waals surface area contributed by atoms with Crippen LogP contribution in [-0.4, -0.2) is 17.6 Å². The summed E-state index contributed by atoms with van der Waals surface area (Å²) < 4.78 is 17.5. The van der Waals surface area contributed by atoms with Crippen LogP contribution in [0.25, 0.3) is 11.1 Å². The predicted molar refractivity (Wildman–Crippen MR) is 115 cm³/mol. The quantitative estimate of drug-likeness (QED) is 0.578. The molecule has 0 fully saturated rings. The summed E-state index contributed by atoms with van der Waals surface area (Å²) in [5, 5.41) is 2.30. The molecule has 152 valence electrons. The Labute approximate surface area is 178 Å². The Morgan fingerprint density at radius 3 is 2.47 bits per heavy atom. The van der Waals surface area contributed by atoms with Crippen molar-refractivity contribution >= 4 is 23.7 Å². The topological polar surface area (TPSA) is 77.8 Å². The third kappa shape index (κ3) is 4.26. The molecular formula is C23H19NO5S. The van der Waals surface area contributed by atoms with Gasteiger partial charge in [-0.3, -0.25) is 9.59 Å². The van der Waals surface area contributed by atoms with Crippen molar-refractivity contribution in [3.63, 3.8) is 0 Å². The highest BCUT2D eigenvalue weighted by atomic mass is 32.1. The highest BCUT2D eigenvalue weighted by Gasteiger charge is 2.24. The number of fused-ring (bicyclic) bond motifs is 1. The number of furan rings is 1. The van der Waals surface area contributed by atoms with Crippen molar-refractivity contribution in [3.05, 3.63) is 83.7 Å². The summed E-state index contributed by atoms with van der Waals surface area (Å²) in [7, 11) is 0. The van der Waals surface area contributed by atoms with Crippen molar-refractivity contribution in [2.75, 3.05) is 6.54 Å². The van der Waals surface area contributed by atoms with Gasteiger partial charge < -0.3 is 19.2 Å². The van der Waals surface area contributed by atoms with Crippen molar-refractivity contribution in [1.29, 1.82) is 0 Å². The van der Waals surface area contributed by atoms with E-state index in [1.54, 1.807) is 18.2 Å². The van der Waals surface area contributed by atoms with Crippen molar-refractivity contribution in [2.24, 2.45) is 0 Å². The summed E-state index contributed by atoms with van der Waals surface area (Å²) in [6.07, 6.45) is 1.96. The van der Waals surface area contributed by atoms with Gasteiger partial charge in [0, 0.05) is 18.9 Å². The molecule has 1 amide bonds. The third-order valence-electron chi connectivity index (χ3n) is 4.60. The molecule has 4 rings (SSSR count). The molecule has 1 aliphatic heterocycles. The summed E-state index contributed by atoms with van der Waals surface area (Å²) >= 11 is 3.86. The van der Waals surface area contributed by atoms with E-state index in [0.717, 1.165) is 11.1 Å². The van der Waals surface area contributed by atoms with E-state index in [0.29, 0.717) is 35.0 Å². The molecule has 0 saturated heterocycles. The number of nitrogens with one attached hydrogen (secondary N) is 1. The number of hydrogen-bond donors (Lipinski definition) is 2. The Balaban J connectivity index is 1.66. The van der Waals surface area contributed by atoms with Crippen molar-refractivity contribution in [2.45, 2.75) is 13.3 Å². The lowest BCUT2D eigenvalue weighted by molar-refractivity contribution is -0.118. The molecule has 3 aromatic rings. The van der Waals surface area contributed by atoms with Gasteiger partial charge >= 0.3 is 0 Å². The van der Waals surface area contributed by atoms with Crippen LogP contribution >= 0.6 is 12.6 Å². The Hall–Kier alpha value is -3.45. The van der Waals surface area contributed by atoms with E-state index >= 15 is 0 Å². The Morgan fingerprint density at radius 2 is 1.73 bits per heavy atom. The van der Waals surface area contributed by atoms with Gasteiger partial charge in [0.2, 0.25) is 5.91 Å². The smallest absolute Gasteiger partial charge is 0.252 e. The first-order chi connectivity index (χ1) is 14.5. The van der Waals surface area contributed by atoms with Gasteiger partial charge in [0.1, 0.15) is 5.76 Å². The highest BCUT2D eigenvalue weighted by Crippen LogP contribution is 2.40. The first-order valence-electron chi connectivity index (χ1n) is 9.32. The third-order valence-corrected chi connectivity index (χ3v) is 4.80. The summed E-state index contributed by atoms with van der Waals surface area (Å²) in [6, 6.07) is 16.9. The van der Waals surface area contributed by atoms with E-state index in [-0.39, 0.29) is 18.2 Å². The minimum Gasteiger partial charge on any atom is -0.460 e. The van der Waals surface area contributed by atoms with Crippen LogP contribution in [0.3, 0.4) is 0 Å². The molecule has 1 N–H and O–H groups in total. The summed E-state index contributed by atoms with van der Waals surface area (Å²) in [6.45, 7) is 1.65. The highest BCUT2D eigenvalue weighted by molar-refractivity contribution is 7.97. The lowest BCUT2D eigenvalue weighted by atomic mass is 10.1. The number of rotatable bonds is 6. The molecule has 6 nitrogen and oxygen atoms in total. The maximum atomic E-state index is 11.7. The van der Waals surface area contributed by atoms with E-state index in [2.05, 4.69) is 17.9 Å². The molecule has 0 bridgehead atoms. The minimum absolute atomic E-state index is 0.161. The van der Waals surface area contributed by atoms with Crippen molar-refractivity contribution in [1.82, 2.24) is 5.32 Å². The number of thiol groups is 1. The van der Waals surface area contributed by atoms with Crippen molar-refractivity contribution < 1.29 is 23.5 Å². The van der Waals surface area contributed by atoms with Gasteiger partial charge in [-0.25, -0.2) is 0 Å². The average molecular weight is 421 g/mol. The first kappa shape index (κ1) is 19.8. The number of carbonyl (C=O) groups is 2. The lowest BCUT2D eigenvalue weighted by Crippen LogP contribution is -2.28. The molecule has 0 atom stereocenters. The van der Waals surface area contributed by atoms with Crippen LogP contribution in [0.1, 0.15) is 23.0 Å². The molecule has 0 unspecified atom stereocenters. The van der Waals surface area contributed by atoms with Gasteiger partial charge in [-0.2, -0.15) is 0 Å². The van der Waals surface area contributed by atoms with Crippen molar-refractivity contribution in [3.8, 4) is 22.6 Å². The number of ether oxygens (including phenoxy) is 2. The molecule has 30 heavy (non-hydrogen) atoms. The zero-order valence-corrected chi connectivity index (χ0v) is 17.1. The van der Waals surface area contributed by atoms with E-state index in [1.165, 1.54) is 13.2 Å². The fourth-order valence-electron chi connectivity index (χ4n) is 3.18. The maximum Gasteiger partial charge on any atom is 0.252 e. The molecule has 7 heteroatoms.